The average Bonchev–Trinajstić information content (AvgIpc) is 2.65. The van der Waals surface area contributed by atoms with E-state index in [-0.39, 0.29) is 0 Å². The van der Waals surface area contributed by atoms with E-state index in [1.54, 1.807) is 0 Å². The quantitative estimate of drug-likeness (QED) is 0.754. The number of halogens is 1. The van der Waals surface area contributed by atoms with E-state index in [1.807, 2.05) is 25.1 Å². The summed E-state index contributed by atoms with van der Waals surface area (Å²) in [5.74, 6) is 0.838. The van der Waals surface area contributed by atoms with Gasteiger partial charge in [0.2, 0.25) is 0 Å². The van der Waals surface area contributed by atoms with Crippen LogP contribution in [0.1, 0.15) is 18.1 Å². The van der Waals surface area contributed by atoms with Gasteiger partial charge in [-0.15, -0.1) is 10.2 Å². The van der Waals surface area contributed by atoms with Crippen LogP contribution in [0.5, 0.6) is 0 Å². The molecule has 0 atom stereocenters. The van der Waals surface area contributed by atoms with Gasteiger partial charge in [-0.1, -0.05) is 17.7 Å². The van der Waals surface area contributed by atoms with Crippen LogP contribution in [-0.4, -0.2) is 16.7 Å². The highest BCUT2D eigenvalue weighted by Gasteiger charge is 2.20. The van der Waals surface area contributed by atoms with Gasteiger partial charge in [0, 0.05) is 23.6 Å². The van der Waals surface area contributed by atoms with E-state index in [4.69, 9.17) is 11.6 Å². The zero-order chi connectivity index (χ0) is 11.8. The van der Waals surface area contributed by atoms with Gasteiger partial charge in [0.1, 0.15) is 5.82 Å². The van der Waals surface area contributed by atoms with E-state index in [0.29, 0.717) is 0 Å². The first-order valence-electron chi connectivity index (χ1n) is 5.67. The molecule has 1 aromatic heterocycles. The first-order chi connectivity index (χ1) is 8.28. The smallest absolute Gasteiger partial charge is 0.148 e. The van der Waals surface area contributed by atoms with Gasteiger partial charge in [-0.2, -0.15) is 0 Å². The molecule has 0 saturated carbocycles. The molecule has 17 heavy (non-hydrogen) atoms. The molecule has 3 nitrogen and oxygen atoms in total. The van der Waals surface area contributed by atoms with E-state index in [0.717, 1.165) is 35.1 Å². The summed E-state index contributed by atoms with van der Waals surface area (Å²) in [7, 11) is 0. The van der Waals surface area contributed by atoms with Crippen LogP contribution in [0.25, 0.3) is 11.3 Å². The van der Waals surface area contributed by atoms with Crippen molar-refractivity contribution in [1.29, 1.82) is 0 Å². The maximum absolute atomic E-state index is 6.00. The molecule has 1 aliphatic carbocycles. The standard InChI is InChI=1S/C13H12ClN3/c1-2-15-12-7-9-5-8-6-10(14)3-4-11(8)13(9)17-16-12/h3-4,6-7H,2,5H2,1H3,(H,15,16). The van der Waals surface area contributed by atoms with Gasteiger partial charge in [0.25, 0.3) is 0 Å². The Balaban J connectivity index is 2.06. The fourth-order valence-corrected chi connectivity index (χ4v) is 2.40. The van der Waals surface area contributed by atoms with E-state index in [9.17, 15) is 0 Å². The second kappa shape index (κ2) is 4.00. The van der Waals surface area contributed by atoms with Gasteiger partial charge in [0.05, 0.1) is 5.69 Å². The molecule has 0 spiro atoms. The van der Waals surface area contributed by atoms with Crippen molar-refractivity contribution in [2.75, 3.05) is 11.9 Å². The minimum Gasteiger partial charge on any atom is -0.369 e. The van der Waals surface area contributed by atoms with Gasteiger partial charge < -0.3 is 5.32 Å². The summed E-state index contributed by atoms with van der Waals surface area (Å²) >= 11 is 6.00. The summed E-state index contributed by atoms with van der Waals surface area (Å²) in [4.78, 5) is 0. The molecule has 2 aromatic rings. The molecule has 4 heteroatoms. The van der Waals surface area contributed by atoms with Crippen molar-refractivity contribution >= 4 is 17.4 Å². The normalized spacial score (nSPS) is 12.1. The fourth-order valence-electron chi connectivity index (χ4n) is 2.20. The largest absolute Gasteiger partial charge is 0.369 e. The molecule has 1 aliphatic rings. The highest BCUT2D eigenvalue weighted by atomic mass is 35.5. The number of nitrogens with one attached hydrogen (secondary N) is 1. The summed E-state index contributed by atoms with van der Waals surface area (Å²) in [6, 6.07) is 7.99. The van der Waals surface area contributed by atoms with Crippen LogP contribution in [0, 0.1) is 0 Å². The first-order valence-corrected chi connectivity index (χ1v) is 6.05. The Hall–Kier alpha value is -1.61. The second-order valence-corrected chi connectivity index (χ2v) is 4.55. The molecule has 3 rings (SSSR count). The monoisotopic (exact) mass is 245 g/mol. The second-order valence-electron chi connectivity index (χ2n) is 4.11. The topological polar surface area (TPSA) is 37.8 Å². The molecule has 0 aliphatic heterocycles. The number of hydrogen-bond acceptors (Lipinski definition) is 3. The summed E-state index contributed by atoms with van der Waals surface area (Å²) < 4.78 is 0. The van der Waals surface area contributed by atoms with Gasteiger partial charge in [-0.25, -0.2) is 0 Å². The van der Waals surface area contributed by atoms with Crippen LogP contribution in [0.3, 0.4) is 0 Å². The maximum Gasteiger partial charge on any atom is 0.148 e. The number of rotatable bonds is 2. The minimum atomic E-state index is 0.774. The Morgan fingerprint density at radius 3 is 2.94 bits per heavy atom. The van der Waals surface area contributed by atoms with Crippen molar-refractivity contribution in [1.82, 2.24) is 10.2 Å². The molecule has 0 unspecified atom stereocenters. The van der Waals surface area contributed by atoms with Crippen LogP contribution in [-0.2, 0) is 6.42 Å². The van der Waals surface area contributed by atoms with Crippen LogP contribution < -0.4 is 5.32 Å². The minimum absolute atomic E-state index is 0.774. The summed E-state index contributed by atoms with van der Waals surface area (Å²) in [6.45, 7) is 2.90. The average molecular weight is 246 g/mol. The lowest BCUT2D eigenvalue weighted by Crippen LogP contribution is -2.01. The Morgan fingerprint density at radius 1 is 1.24 bits per heavy atom. The lowest BCUT2D eigenvalue weighted by molar-refractivity contribution is 1.01. The van der Waals surface area contributed by atoms with Gasteiger partial charge in [0.15, 0.2) is 0 Å². The zero-order valence-electron chi connectivity index (χ0n) is 9.50. The van der Waals surface area contributed by atoms with Gasteiger partial charge in [-0.05, 0) is 36.2 Å². The number of anilines is 1. The predicted molar refractivity (Wildman–Crippen MR) is 69.4 cm³/mol. The van der Waals surface area contributed by atoms with E-state index in [2.05, 4.69) is 21.6 Å². The summed E-state index contributed by atoms with van der Waals surface area (Å²) in [5, 5.41) is 12.4. The molecule has 0 radical (unpaired) electrons. The lowest BCUT2D eigenvalue weighted by Gasteiger charge is -2.03. The van der Waals surface area contributed by atoms with Crippen molar-refractivity contribution in [3.05, 3.63) is 40.4 Å². The SMILES string of the molecule is CCNc1cc2c(nn1)-c1ccc(Cl)cc1C2. The molecule has 0 saturated heterocycles. The Bertz CT molecular complexity index is 581. The fraction of sp³-hybridized carbons (Fsp3) is 0.231. The van der Waals surface area contributed by atoms with Crippen LogP contribution in [0.4, 0.5) is 5.82 Å². The van der Waals surface area contributed by atoms with E-state index in [1.165, 1.54) is 11.1 Å². The third-order valence-corrected chi connectivity index (χ3v) is 3.17. The summed E-state index contributed by atoms with van der Waals surface area (Å²) in [5.41, 5.74) is 4.59. The lowest BCUT2D eigenvalue weighted by atomic mass is 10.1. The molecular weight excluding hydrogens is 234 g/mol. The number of fused-ring (bicyclic) bond motifs is 3. The molecule has 0 amide bonds. The Kier molecular flexibility index (Phi) is 2.48. The van der Waals surface area contributed by atoms with Crippen molar-refractivity contribution in [2.45, 2.75) is 13.3 Å². The molecular formula is C13H12ClN3. The van der Waals surface area contributed by atoms with Crippen molar-refractivity contribution in [2.24, 2.45) is 0 Å². The van der Waals surface area contributed by atoms with E-state index < -0.39 is 0 Å². The highest BCUT2D eigenvalue weighted by Crippen LogP contribution is 2.36. The third-order valence-electron chi connectivity index (χ3n) is 2.93. The van der Waals surface area contributed by atoms with Crippen molar-refractivity contribution in [3.8, 4) is 11.3 Å². The highest BCUT2D eigenvalue weighted by molar-refractivity contribution is 6.30. The Labute approximate surface area is 105 Å². The molecule has 0 fully saturated rings. The number of hydrogen-bond donors (Lipinski definition) is 1. The summed E-state index contributed by atoms with van der Waals surface area (Å²) in [6.07, 6.45) is 0.888. The predicted octanol–water partition coefficient (Wildman–Crippen LogP) is 3.13. The van der Waals surface area contributed by atoms with Crippen LogP contribution >= 0.6 is 11.6 Å². The van der Waals surface area contributed by atoms with Gasteiger partial charge in [-0.3, -0.25) is 0 Å². The number of nitrogens with zero attached hydrogens (tertiary/aromatic N) is 2. The van der Waals surface area contributed by atoms with E-state index >= 15 is 0 Å². The van der Waals surface area contributed by atoms with Crippen LogP contribution in [0.15, 0.2) is 24.3 Å². The molecule has 86 valence electrons. The molecule has 0 bridgehead atoms. The van der Waals surface area contributed by atoms with Gasteiger partial charge >= 0.3 is 0 Å². The van der Waals surface area contributed by atoms with Crippen molar-refractivity contribution < 1.29 is 0 Å². The molecule has 1 aromatic carbocycles. The zero-order valence-corrected chi connectivity index (χ0v) is 10.3. The maximum atomic E-state index is 6.00. The molecule has 1 N–H and O–H groups in total. The van der Waals surface area contributed by atoms with Crippen molar-refractivity contribution in [3.63, 3.8) is 0 Å². The third kappa shape index (κ3) is 1.76. The number of benzene rings is 1. The first kappa shape index (κ1) is 10.5. The Morgan fingerprint density at radius 2 is 2.12 bits per heavy atom. The van der Waals surface area contributed by atoms with Crippen LogP contribution in [0.2, 0.25) is 5.02 Å². The number of aromatic nitrogens is 2. The molecule has 1 heterocycles.